The molecule has 20 heavy (non-hydrogen) atoms. The fourth-order valence-corrected chi connectivity index (χ4v) is 2.80. The van der Waals surface area contributed by atoms with Gasteiger partial charge in [0.1, 0.15) is 0 Å². The highest BCUT2D eigenvalue weighted by Gasteiger charge is 2.25. The Hall–Kier alpha value is -1.43. The molecule has 6 heteroatoms. The Morgan fingerprint density at radius 3 is 2.95 bits per heavy atom. The molecule has 0 aliphatic heterocycles. The topological polar surface area (TPSA) is 94.0 Å². The maximum Gasteiger partial charge on any atom is 0.226 e. The summed E-state index contributed by atoms with van der Waals surface area (Å²) in [6.07, 6.45) is 6.47. The molecule has 0 aromatic carbocycles. The zero-order chi connectivity index (χ0) is 14.4. The number of nitrogens with zero attached hydrogens (tertiary/aromatic N) is 2. The van der Waals surface area contributed by atoms with Crippen LogP contribution in [0.5, 0.6) is 0 Å². The predicted molar refractivity (Wildman–Crippen MR) is 74.9 cm³/mol. The fourth-order valence-electron chi connectivity index (χ4n) is 2.80. The minimum atomic E-state index is 0.103. The Morgan fingerprint density at radius 2 is 2.25 bits per heavy atom. The number of aryl methyl sites for hydroxylation is 2. The Bertz CT molecular complexity index is 433. The minimum Gasteiger partial charge on any atom is -0.353 e. The van der Waals surface area contributed by atoms with Crippen molar-refractivity contribution in [3.05, 3.63) is 11.7 Å². The summed E-state index contributed by atoms with van der Waals surface area (Å²) >= 11 is 0. The third-order valence-corrected chi connectivity index (χ3v) is 3.92. The number of carbonyl (C=O) groups is 1. The summed E-state index contributed by atoms with van der Waals surface area (Å²) in [6.45, 7) is 2.45. The summed E-state index contributed by atoms with van der Waals surface area (Å²) in [5, 5.41) is 6.85. The van der Waals surface area contributed by atoms with Gasteiger partial charge >= 0.3 is 0 Å². The van der Waals surface area contributed by atoms with Crippen molar-refractivity contribution in [2.24, 2.45) is 11.7 Å². The molecule has 2 atom stereocenters. The summed E-state index contributed by atoms with van der Waals surface area (Å²) in [6, 6.07) is 0.256. The number of hydrogen-bond acceptors (Lipinski definition) is 5. The van der Waals surface area contributed by atoms with E-state index in [1.165, 1.54) is 12.8 Å². The first-order valence-electron chi connectivity index (χ1n) is 7.47. The summed E-state index contributed by atoms with van der Waals surface area (Å²) in [7, 11) is 0. The third-order valence-electron chi connectivity index (χ3n) is 3.92. The molecule has 1 saturated carbocycles. The molecular formula is C14H24N4O2. The molecule has 112 valence electrons. The van der Waals surface area contributed by atoms with Crippen LogP contribution in [-0.2, 0) is 11.2 Å². The number of rotatable bonds is 6. The average Bonchev–Trinajstić information content (AvgIpc) is 2.85. The lowest BCUT2D eigenvalue weighted by Crippen LogP contribution is -2.44. The molecule has 1 fully saturated rings. The van der Waals surface area contributed by atoms with Crippen molar-refractivity contribution in [3.8, 4) is 0 Å². The zero-order valence-electron chi connectivity index (χ0n) is 12.1. The third kappa shape index (κ3) is 4.30. The fraction of sp³-hybridized carbons (Fsp3) is 0.786. The van der Waals surface area contributed by atoms with Crippen LogP contribution >= 0.6 is 0 Å². The maximum absolute atomic E-state index is 11.9. The molecule has 2 rings (SSSR count). The molecule has 0 saturated heterocycles. The Morgan fingerprint density at radius 1 is 1.45 bits per heavy atom. The molecule has 3 N–H and O–H groups in total. The van der Waals surface area contributed by atoms with Gasteiger partial charge in [-0.05, 0) is 38.6 Å². The van der Waals surface area contributed by atoms with Gasteiger partial charge in [-0.25, -0.2) is 0 Å². The summed E-state index contributed by atoms with van der Waals surface area (Å²) in [5.74, 6) is 1.78. The van der Waals surface area contributed by atoms with Crippen LogP contribution < -0.4 is 11.1 Å². The largest absolute Gasteiger partial charge is 0.353 e. The van der Waals surface area contributed by atoms with Crippen molar-refractivity contribution in [2.75, 3.05) is 6.54 Å². The molecule has 1 amide bonds. The Kier molecular flexibility index (Phi) is 5.52. The van der Waals surface area contributed by atoms with Gasteiger partial charge in [0, 0.05) is 18.9 Å². The van der Waals surface area contributed by atoms with E-state index in [9.17, 15) is 4.79 Å². The number of aromatic nitrogens is 2. The van der Waals surface area contributed by atoms with E-state index in [-0.39, 0.29) is 11.9 Å². The number of carbonyl (C=O) groups excluding carboxylic acids is 1. The average molecular weight is 280 g/mol. The highest BCUT2D eigenvalue weighted by Crippen LogP contribution is 2.23. The van der Waals surface area contributed by atoms with Crippen LogP contribution in [0.3, 0.4) is 0 Å². The molecule has 0 radical (unpaired) electrons. The number of amides is 1. The second-order valence-corrected chi connectivity index (χ2v) is 5.54. The van der Waals surface area contributed by atoms with E-state index >= 15 is 0 Å². The van der Waals surface area contributed by atoms with Gasteiger partial charge in [0.2, 0.25) is 11.8 Å². The molecule has 1 aliphatic carbocycles. The van der Waals surface area contributed by atoms with Crippen LogP contribution in [-0.4, -0.2) is 28.6 Å². The molecule has 0 bridgehead atoms. The van der Waals surface area contributed by atoms with Gasteiger partial charge in [0.05, 0.1) is 0 Å². The number of nitrogens with two attached hydrogens (primary N) is 1. The van der Waals surface area contributed by atoms with E-state index in [0.29, 0.717) is 37.0 Å². The molecule has 1 heterocycles. The molecular weight excluding hydrogens is 256 g/mol. The second kappa shape index (κ2) is 7.38. The Balaban J connectivity index is 1.69. The van der Waals surface area contributed by atoms with Crippen LogP contribution in [0.1, 0.15) is 50.2 Å². The highest BCUT2D eigenvalue weighted by molar-refractivity contribution is 5.76. The van der Waals surface area contributed by atoms with Crippen molar-refractivity contribution < 1.29 is 9.32 Å². The van der Waals surface area contributed by atoms with E-state index in [4.69, 9.17) is 10.3 Å². The maximum atomic E-state index is 11.9. The normalized spacial score (nSPS) is 22.7. The lowest BCUT2D eigenvalue weighted by Gasteiger charge is -2.31. The van der Waals surface area contributed by atoms with Crippen molar-refractivity contribution >= 4 is 5.91 Å². The first-order chi connectivity index (χ1) is 9.69. The lowest BCUT2D eigenvalue weighted by molar-refractivity contribution is -0.122. The van der Waals surface area contributed by atoms with Crippen molar-refractivity contribution in [3.63, 3.8) is 0 Å². The summed E-state index contributed by atoms with van der Waals surface area (Å²) < 4.78 is 5.02. The van der Waals surface area contributed by atoms with E-state index in [1.54, 1.807) is 6.92 Å². The van der Waals surface area contributed by atoms with Gasteiger partial charge in [-0.1, -0.05) is 18.0 Å². The van der Waals surface area contributed by atoms with Gasteiger partial charge < -0.3 is 15.6 Å². The predicted octanol–water partition coefficient (Wildman–Crippen LogP) is 1.33. The van der Waals surface area contributed by atoms with E-state index < -0.39 is 0 Å². The summed E-state index contributed by atoms with van der Waals surface area (Å²) in [5.41, 5.74) is 5.77. The standard InChI is InChI=1S/C14H24N4O2/c1-10-16-14(20-18-10)8-4-7-13(19)17-12-6-3-2-5-11(12)9-15/h11-12H,2-9,15H2,1H3,(H,17,19). The first kappa shape index (κ1) is 15.0. The van der Waals surface area contributed by atoms with E-state index in [2.05, 4.69) is 15.5 Å². The highest BCUT2D eigenvalue weighted by atomic mass is 16.5. The van der Waals surface area contributed by atoms with Gasteiger partial charge in [-0.15, -0.1) is 0 Å². The van der Waals surface area contributed by atoms with Gasteiger partial charge in [-0.3, -0.25) is 4.79 Å². The number of nitrogens with one attached hydrogen (secondary N) is 1. The van der Waals surface area contributed by atoms with E-state index in [1.807, 2.05) is 0 Å². The molecule has 1 aromatic heterocycles. The second-order valence-electron chi connectivity index (χ2n) is 5.54. The van der Waals surface area contributed by atoms with Crippen LogP contribution in [0, 0.1) is 12.8 Å². The van der Waals surface area contributed by atoms with Gasteiger partial charge in [0.25, 0.3) is 0 Å². The van der Waals surface area contributed by atoms with Gasteiger partial charge in [0.15, 0.2) is 5.82 Å². The van der Waals surface area contributed by atoms with Gasteiger partial charge in [-0.2, -0.15) is 4.98 Å². The molecule has 2 unspecified atom stereocenters. The van der Waals surface area contributed by atoms with Crippen LogP contribution in [0.4, 0.5) is 0 Å². The minimum absolute atomic E-state index is 0.103. The Labute approximate surface area is 119 Å². The SMILES string of the molecule is Cc1noc(CCCC(=O)NC2CCCCC2CN)n1. The van der Waals surface area contributed by atoms with Crippen LogP contribution in [0.15, 0.2) is 4.52 Å². The monoisotopic (exact) mass is 280 g/mol. The summed E-state index contributed by atoms with van der Waals surface area (Å²) in [4.78, 5) is 16.1. The molecule has 1 aromatic rings. The van der Waals surface area contributed by atoms with Crippen molar-refractivity contribution in [1.29, 1.82) is 0 Å². The van der Waals surface area contributed by atoms with Crippen molar-refractivity contribution in [2.45, 2.75) is 57.9 Å². The van der Waals surface area contributed by atoms with Crippen molar-refractivity contribution in [1.82, 2.24) is 15.5 Å². The van der Waals surface area contributed by atoms with E-state index in [0.717, 1.165) is 19.3 Å². The number of hydrogen-bond donors (Lipinski definition) is 2. The first-order valence-corrected chi connectivity index (χ1v) is 7.47. The zero-order valence-corrected chi connectivity index (χ0v) is 12.1. The smallest absolute Gasteiger partial charge is 0.226 e. The quantitative estimate of drug-likeness (QED) is 0.820. The lowest BCUT2D eigenvalue weighted by atomic mass is 9.84. The van der Waals surface area contributed by atoms with Crippen LogP contribution in [0.25, 0.3) is 0 Å². The molecule has 0 spiro atoms. The van der Waals surface area contributed by atoms with Crippen LogP contribution in [0.2, 0.25) is 0 Å². The molecule has 1 aliphatic rings. The molecule has 6 nitrogen and oxygen atoms in total.